The topological polar surface area (TPSA) is 52.0 Å². The van der Waals surface area contributed by atoms with Gasteiger partial charge in [0.1, 0.15) is 0 Å². The van der Waals surface area contributed by atoms with Gasteiger partial charge in [-0.15, -0.1) is 0 Å². The van der Waals surface area contributed by atoms with E-state index in [0.29, 0.717) is 5.92 Å². The lowest BCUT2D eigenvalue weighted by atomic mass is 10.0. The van der Waals surface area contributed by atoms with E-state index < -0.39 is 0 Å². The molecule has 0 fully saturated rings. The van der Waals surface area contributed by atoms with Crippen LogP contribution in [0.1, 0.15) is 25.3 Å². The number of nitrogen functional groups attached to an aromatic ring is 1. The van der Waals surface area contributed by atoms with E-state index in [1.54, 1.807) is 6.20 Å². The molecule has 1 heterocycles. The van der Waals surface area contributed by atoms with Crippen molar-refractivity contribution in [3.63, 3.8) is 0 Å². The van der Waals surface area contributed by atoms with Crippen molar-refractivity contribution in [2.45, 2.75) is 19.8 Å². The SMILES string of the molecule is CC(C)c1cnoc1-c1ccc(N)cc1. The van der Waals surface area contributed by atoms with Gasteiger partial charge in [-0.25, -0.2) is 0 Å². The van der Waals surface area contributed by atoms with E-state index in [1.807, 2.05) is 24.3 Å². The average Bonchev–Trinajstić information content (AvgIpc) is 2.67. The Kier molecular flexibility index (Phi) is 2.46. The third-order valence-corrected chi connectivity index (χ3v) is 2.39. The van der Waals surface area contributed by atoms with E-state index in [1.165, 1.54) is 0 Å². The lowest BCUT2D eigenvalue weighted by molar-refractivity contribution is 0.431. The molecule has 0 bridgehead atoms. The van der Waals surface area contributed by atoms with E-state index in [0.717, 1.165) is 22.6 Å². The van der Waals surface area contributed by atoms with Crippen LogP contribution in [-0.4, -0.2) is 5.16 Å². The molecule has 0 atom stereocenters. The van der Waals surface area contributed by atoms with Crippen LogP contribution in [0.3, 0.4) is 0 Å². The van der Waals surface area contributed by atoms with Crippen molar-refractivity contribution in [3.8, 4) is 11.3 Å². The smallest absolute Gasteiger partial charge is 0.170 e. The normalized spacial score (nSPS) is 10.9. The summed E-state index contributed by atoms with van der Waals surface area (Å²) in [5.41, 5.74) is 8.53. The maximum Gasteiger partial charge on any atom is 0.170 e. The van der Waals surface area contributed by atoms with Gasteiger partial charge in [0.15, 0.2) is 5.76 Å². The molecule has 3 heteroatoms. The zero-order valence-electron chi connectivity index (χ0n) is 8.90. The Hall–Kier alpha value is -1.77. The molecule has 1 aromatic carbocycles. The van der Waals surface area contributed by atoms with Gasteiger partial charge < -0.3 is 10.3 Å². The molecule has 0 aliphatic carbocycles. The number of benzene rings is 1. The molecule has 78 valence electrons. The van der Waals surface area contributed by atoms with Gasteiger partial charge in [0.25, 0.3) is 0 Å². The van der Waals surface area contributed by atoms with Crippen LogP contribution < -0.4 is 5.73 Å². The molecule has 0 spiro atoms. The molecule has 1 aromatic heterocycles. The highest BCUT2D eigenvalue weighted by Gasteiger charge is 2.12. The van der Waals surface area contributed by atoms with Crippen LogP contribution in [0, 0.1) is 0 Å². The second-order valence-electron chi connectivity index (χ2n) is 3.89. The van der Waals surface area contributed by atoms with Gasteiger partial charge in [0.2, 0.25) is 0 Å². The number of nitrogens with two attached hydrogens (primary N) is 1. The van der Waals surface area contributed by atoms with Gasteiger partial charge in [-0.3, -0.25) is 0 Å². The van der Waals surface area contributed by atoms with E-state index >= 15 is 0 Å². The van der Waals surface area contributed by atoms with Crippen LogP contribution in [0.4, 0.5) is 5.69 Å². The molecule has 0 radical (unpaired) electrons. The summed E-state index contributed by atoms with van der Waals surface area (Å²) in [6, 6.07) is 7.62. The molecule has 0 aliphatic heterocycles. The first-order valence-corrected chi connectivity index (χ1v) is 4.99. The lowest BCUT2D eigenvalue weighted by Gasteiger charge is -2.04. The van der Waals surface area contributed by atoms with Crippen molar-refractivity contribution >= 4 is 5.69 Å². The van der Waals surface area contributed by atoms with Crippen LogP contribution in [0.15, 0.2) is 35.0 Å². The first-order valence-electron chi connectivity index (χ1n) is 4.99. The van der Waals surface area contributed by atoms with Crippen molar-refractivity contribution in [2.24, 2.45) is 0 Å². The number of aromatic nitrogens is 1. The van der Waals surface area contributed by atoms with E-state index in [9.17, 15) is 0 Å². The zero-order valence-corrected chi connectivity index (χ0v) is 8.90. The Morgan fingerprint density at radius 3 is 2.47 bits per heavy atom. The van der Waals surface area contributed by atoms with E-state index in [2.05, 4.69) is 19.0 Å². The summed E-state index contributed by atoms with van der Waals surface area (Å²) in [6.07, 6.45) is 1.77. The highest BCUT2D eigenvalue weighted by Crippen LogP contribution is 2.29. The summed E-state index contributed by atoms with van der Waals surface area (Å²) in [5, 5.41) is 3.84. The predicted molar refractivity (Wildman–Crippen MR) is 60.4 cm³/mol. The third kappa shape index (κ3) is 1.86. The molecule has 0 aliphatic rings. The largest absolute Gasteiger partial charge is 0.399 e. The zero-order chi connectivity index (χ0) is 10.8. The quantitative estimate of drug-likeness (QED) is 0.761. The average molecular weight is 202 g/mol. The van der Waals surface area contributed by atoms with Gasteiger partial charge >= 0.3 is 0 Å². The first-order chi connectivity index (χ1) is 7.18. The van der Waals surface area contributed by atoms with Crippen LogP contribution in [-0.2, 0) is 0 Å². The molecule has 0 unspecified atom stereocenters. The summed E-state index contributed by atoms with van der Waals surface area (Å²) < 4.78 is 5.26. The molecular formula is C12H14N2O. The minimum atomic E-state index is 0.406. The maximum atomic E-state index is 5.63. The number of hydrogen-bond donors (Lipinski definition) is 1. The first kappa shape index (κ1) is 9.77. The number of rotatable bonds is 2. The van der Waals surface area contributed by atoms with Gasteiger partial charge in [-0.2, -0.15) is 0 Å². The summed E-state index contributed by atoms with van der Waals surface area (Å²) >= 11 is 0. The van der Waals surface area contributed by atoms with Gasteiger partial charge in [-0.05, 0) is 30.2 Å². The Bertz CT molecular complexity index is 443. The van der Waals surface area contributed by atoms with E-state index in [4.69, 9.17) is 10.3 Å². The molecule has 0 amide bonds. The second kappa shape index (κ2) is 3.77. The van der Waals surface area contributed by atoms with Gasteiger partial charge in [0, 0.05) is 16.8 Å². The summed E-state index contributed by atoms with van der Waals surface area (Å²) in [6.45, 7) is 4.24. The fourth-order valence-corrected chi connectivity index (χ4v) is 1.51. The summed E-state index contributed by atoms with van der Waals surface area (Å²) in [7, 11) is 0. The minimum absolute atomic E-state index is 0.406. The molecule has 0 saturated heterocycles. The standard InChI is InChI=1S/C12H14N2O/c1-8(2)11-7-14-15-12(11)9-3-5-10(13)6-4-9/h3-8H,13H2,1-2H3. The van der Waals surface area contributed by atoms with Crippen LogP contribution in [0.2, 0.25) is 0 Å². The lowest BCUT2D eigenvalue weighted by Crippen LogP contribution is -1.88. The van der Waals surface area contributed by atoms with Gasteiger partial charge in [-0.1, -0.05) is 19.0 Å². The van der Waals surface area contributed by atoms with Crippen LogP contribution >= 0.6 is 0 Å². The van der Waals surface area contributed by atoms with E-state index in [-0.39, 0.29) is 0 Å². The van der Waals surface area contributed by atoms with Crippen molar-refractivity contribution in [1.29, 1.82) is 0 Å². The Morgan fingerprint density at radius 1 is 1.20 bits per heavy atom. The minimum Gasteiger partial charge on any atom is -0.399 e. The van der Waals surface area contributed by atoms with Crippen molar-refractivity contribution in [1.82, 2.24) is 5.16 Å². The molecular weight excluding hydrogens is 188 g/mol. The Labute approximate surface area is 88.9 Å². The Morgan fingerprint density at radius 2 is 1.87 bits per heavy atom. The monoisotopic (exact) mass is 202 g/mol. The Balaban J connectivity index is 2.45. The number of anilines is 1. The van der Waals surface area contributed by atoms with Crippen molar-refractivity contribution in [2.75, 3.05) is 5.73 Å². The fraction of sp³-hybridized carbons (Fsp3) is 0.250. The highest BCUT2D eigenvalue weighted by atomic mass is 16.5. The fourth-order valence-electron chi connectivity index (χ4n) is 1.51. The molecule has 2 rings (SSSR count). The molecule has 2 N–H and O–H groups in total. The number of hydrogen-bond acceptors (Lipinski definition) is 3. The second-order valence-corrected chi connectivity index (χ2v) is 3.89. The predicted octanol–water partition coefficient (Wildman–Crippen LogP) is 3.05. The van der Waals surface area contributed by atoms with Crippen molar-refractivity contribution < 1.29 is 4.52 Å². The molecule has 3 nitrogen and oxygen atoms in total. The molecule has 2 aromatic rings. The molecule has 0 saturated carbocycles. The third-order valence-electron chi connectivity index (χ3n) is 2.39. The van der Waals surface area contributed by atoms with Gasteiger partial charge in [0.05, 0.1) is 6.20 Å². The van der Waals surface area contributed by atoms with Crippen molar-refractivity contribution in [3.05, 3.63) is 36.0 Å². The van der Waals surface area contributed by atoms with Crippen LogP contribution in [0.5, 0.6) is 0 Å². The van der Waals surface area contributed by atoms with Crippen LogP contribution in [0.25, 0.3) is 11.3 Å². The summed E-state index contributed by atoms with van der Waals surface area (Å²) in [5.74, 6) is 1.24. The molecule has 15 heavy (non-hydrogen) atoms. The number of nitrogens with zero attached hydrogens (tertiary/aromatic N) is 1. The summed E-state index contributed by atoms with van der Waals surface area (Å²) in [4.78, 5) is 0. The maximum absolute atomic E-state index is 5.63. The highest BCUT2D eigenvalue weighted by molar-refractivity contribution is 5.63.